The molecular weight excluding hydrogens is 1090 g/mol. The summed E-state index contributed by atoms with van der Waals surface area (Å²) in [6.07, 6.45) is 0. The molecule has 0 aliphatic rings. The fourth-order valence-corrected chi connectivity index (χ4v) is 13.4. The van der Waals surface area contributed by atoms with Crippen LogP contribution < -0.4 is 9.80 Å². The van der Waals surface area contributed by atoms with Gasteiger partial charge in [-0.2, -0.15) is 0 Å². The van der Waals surface area contributed by atoms with Crippen molar-refractivity contribution in [3.05, 3.63) is 340 Å². The highest BCUT2D eigenvalue weighted by Gasteiger charge is 2.28. The van der Waals surface area contributed by atoms with E-state index in [2.05, 4.69) is 350 Å². The Hall–Kier alpha value is -12.0. The zero-order chi connectivity index (χ0) is 59.5. The normalized spacial score (nSPS) is 11.6. The summed E-state index contributed by atoms with van der Waals surface area (Å²) in [4.78, 5) is 4.70. The third-order valence-electron chi connectivity index (χ3n) is 17.8. The van der Waals surface area contributed by atoms with Crippen LogP contribution in [0.2, 0.25) is 0 Å². The molecule has 2 heterocycles. The highest BCUT2D eigenvalue weighted by atomic mass is 16.4. The standard InChI is InChI=1S/C86H56N2O2/c1-7-19-57(20-8-1)61-31-41-71(42-32-61)87(72-43-33-62(34-44-72)58-21-9-2-10-22-58)75-49-39-67-53-77-79(55-69(67)51-75)89-85-83(77)81(65-27-15-5-16-28-65)82(66-29-17-6-18-30-66)84-78-54-68-40-50-76(52-70(68)56-80(78)90-86(84)85)88(73-45-35-63(36-46-73)59-23-11-3-12-24-59)74-47-37-64(38-48-74)60-25-13-4-14-26-60/h1-56H. The minimum absolute atomic E-state index is 0.720. The van der Waals surface area contributed by atoms with Gasteiger partial charge in [-0.3, -0.25) is 0 Å². The molecule has 0 aliphatic carbocycles. The molecule has 0 unspecified atom stereocenters. The van der Waals surface area contributed by atoms with Crippen molar-refractivity contribution < 1.29 is 8.83 Å². The van der Waals surface area contributed by atoms with E-state index >= 15 is 0 Å². The van der Waals surface area contributed by atoms with Gasteiger partial charge in [-0.1, -0.05) is 243 Å². The van der Waals surface area contributed by atoms with Crippen molar-refractivity contribution in [2.75, 3.05) is 9.80 Å². The Labute approximate surface area is 521 Å². The summed E-state index contributed by atoms with van der Waals surface area (Å²) in [7, 11) is 0. The van der Waals surface area contributed by atoms with Gasteiger partial charge in [0, 0.05) is 66.8 Å². The number of nitrogens with zero attached hydrogens (tertiary/aromatic N) is 2. The Balaban J connectivity index is 0.838. The largest absolute Gasteiger partial charge is 0.452 e. The molecule has 0 atom stereocenters. The summed E-state index contributed by atoms with van der Waals surface area (Å²) in [6.45, 7) is 0. The fourth-order valence-electron chi connectivity index (χ4n) is 13.4. The predicted octanol–water partition coefficient (Wildman–Crippen LogP) is 24.7. The van der Waals surface area contributed by atoms with Crippen LogP contribution in [-0.4, -0.2) is 0 Å². The van der Waals surface area contributed by atoms with Gasteiger partial charge in [0.1, 0.15) is 11.2 Å². The maximum atomic E-state index is 7.34. The lowest BCUT2D eigenvalue weighted by Gasteiger charge is -2.26. The molecule has 0 spiro atoms. The van der Waals surface area contributed by atoms with E-state index in [1.54, 1.807) is 0 Å². The smallest absolute Gasteiger partial charge is 0.179 e. The van der Waals surface area contributed by atoms with Crippen molar-refractivity contribution in [3.63, 3.8) is 0 Å². The molecule has 0 N–H and O–H groups in total. The first-order valence-electron chi connectivity index (χ1n) is 30.7. The molecule has 15 aromatic carbocycles. The minimum atomic E-state index is 0.720. The van der Waals surface area contributed by atoms with Gasteiger partial charge in [0.05, 0.1) is 0 Å². The maximum Gasteiger partial charge on any atom is 0.179 e. The molecule has 0 amide bonds. The lowest BCUT2D eigenvalue weighted by molar-refractivity contribution is 0.634. The Morgan fingerprint density at radius 1 is 0.189 bits per heavy atom. The molecule has 17 aromatic rings. The number of anilines is 6. The Kier molecular flexibility index (Phi) is 12.8. The second-order valence-corrected chi connectivity index (χ2v) is 23.2. The molecule has 0 saturated carbocycles. The van der Waals surface area contributed by atoms with Crippen LogP contribution >= 0.6 is 0 Å². The Morgan fingerprint density at radius 3 is 0.711 bits per heavy atom. The van der Waals surface area contributed by atoms with E-state index in [0.29, 0.717) is 0 Å². The van der Waals surface area contributed by atoms with Crippen LogP contribution in [0.15, 0.2) is 349 Å². The van der Waals surface area contributed by atoms with E-state index in [4.69, 9.17) is 8.83 Å². The summed E-state index contributed by atoms with van der Waals surface area (Å²) < 4.78 is 14.7. The number of benzene rings is 15. The zero-order valence-corrected chi connectivity index (χ0v) is 49.0. The predicted molar refractivity (Wildman–Crippen MR) is 378 cm³/mol. The van der Waals surface area contributed by atoms with Gasteiger partial charge < -0.3 is 18.6 Å². The second kappa shape index (κ2) is 22.1. The lowest BCUT2D eigenvalue weighted by Crippen LogP contribution is -2.09. The molecule has 0 aliphatic heterocycles. The molecule has 90 heavy (non-hydrogen) atoms. The third kappa shape index (κ3) is 9.34. The summed E-state index contributed by atoms with van der Waals surface area (Å²) in [6, 6.07) is 122. The van der Waals surface area contributed by atoms with Gasteiger partial charge in [-0.05, 0) is 174 Å². The molecule has 17 rings (SSSR count). The molecule has 0 fully saturated rings. The first-order valence-corrected chi connectivity index (χ1v) is 30.7. The summed E-state index contributed by atoms with van der Waals surface area (Å²) >= 11 is 0. The fraction of sp³-hybridized carbons (Fsp3) is 0. The molecular formula is C86H56N2O2. The number of rotatable bonds is 12. The van der Waals surface area contributed by atoms with Crippen LogP contribution in [0.3, 0.4) is 0 Å². The number of hydrogen-bond donors (Lipinski definition) is 0. The minimum Gasteiger partial charge on any atom is -0.452 e. The van der Waals surface area contributed by atoms with Gasteiger partial charge in [-0.15, -0.1) is 0 Å². The molecule has 4 nitrogen and oxygen atoms in total. The second-order valence-electron chi connectivity index (χ2n) is 23.2. The van der Waals surface area contributed by atoms with Crippen LogP contribution in [-0.2, 0) is 0 Å². The van der Waals surface area contributed by atoms with Crippen LogP contribution in [0.5, 0.6) is 0 Å². The van der Waals surface area contributed by atoms with Gasteiger partial charge in [0.2, 0.25) is 0 Å². The van der Waals surface area contributed by atoms with Gasteiger partial charge in [0.25, 0.3) is 0 Å². The van der Waals surface area contributed by atoms with Crippen molar-refractivity contribution in [2.45, 2.75) is 0 Å². The number of fused-ring (bicyclic) bond motifs is 9. The van der Waals surface area contributed by atoms with E-state index < -0.39 is 0 Å². The van der Waals surface area contributed by atoms with E-state index in [9.17, 15) is 0 Å². The topological polar surface area (TPSA) is 32.8 Å². The SMILES string of the molecule is c1ccc(-c2ccc(N(c3ccc(-c4ccccc4)cc3)c3ccc4cc5c(cc4c3)oc3c4oc6cc7cc(N(c8ccc(-c9ccccc9)cc8)c8ccc(-c9ccccc9)cc8)ccc7cc6c4c(-c4ccccc4)c(-c4ccccc4)c53)cc2)cc1. The number of furan rings is 2. The van der Waals surface area contributed by atoms with Crippen LogP contribution in [0.4, 0.5) is 34.1 Å². The van der Waals surface area contributed by atoms with Gasteiger partial charge >= 0.3 is 0 Å². The zero-order valence-electron chi connectivity index (χ0n) is 49.0. The van der Waals surface area contributed by atoms with Crippen molar-refractivity contribution in [2.24, 2.45) is 0 Å². The first kappa shape index (κ1) is 52.4. The van der Waals surface area contributed by atoms with Gasteiger partial charge in [0.15, 0.2) is 11.2 Å². The van der Waals surface area contributed by atoms with Crippen LogP contribution in [0, 0.1) is 0 Å². The molecule has 422 valence electrons. The molecule has 4 heteroatoms. The van der Waals surface area contributed by atoms with E-state index in [0.717, 1.165) is 122 Å². The molecule has 0 radical (unpaired) electrons. The quantitative estimate of drug-likeness (QED) is 0.122. The van der Waals surface area contributed by atoms with Crippen molar-refractivity contribution in [1.29, 1.82) is 0 Å². The summed E-state index contributed by atoms with van der Waals surface area (Å²) in [5.74, 6) is 0. The highest BCUT2D eigenvalue weighted by Crippen LogP contribution is 2.52. The van der Waals surface area contributed by atoms with E-state index in [-0.39, 0.29) is 0 Å². The highest BCUT2D eigenvalue weighted by molar-refractivity contribution is 6.31. The average Bonchev–Trinajstić information content (AvgIpc) is 1.53. The van der Waals surface area contributed by atoms with Gasteiger partial charge in [-0.25, -0.2) is 0 Å². The van der Waals surface area contributed by atoms with Crippen LogP contribution in [0.25, 0.3) is 132 Å². The summed E-state index contributed by atoms with van der Waals surface area (Å²) in [5, 5.41) is 8.42. The average molecular weight is 1150 g/mol. The first-order chi connectivity index (χ1) is 44.6. The van der Waals surface area contributed by atoms with E-state index in [1.165, 1.54) is 44.5 Å². The van der Waals surface area contributed by atoms with Crippen molar-refractivity contribution in [3.8, 4) is 66.8 Å². The molecule has 2 aromatic heterocycles. The van der Waals surface area contributed by atoms with Crippen molar-refractivity contribution in [1.82, 2.24) is 0 Å². The molecule has 0 bridgehead atoms. The molecule has 0 saturated heterocycles. The number of hydrogen-bond acceptors (Lipinski definition) is 4. The third-order valence-corrected chi connectivity index (χ3v) is 17.8. The van der Waals surface area contributed by atoms with E-state index in [1.807, 2.05) is 0 Å². The lowest BCUT2D eigenvalue weighted by atomic mass is 9.87. The maximum absolute atomic E-state index is 7.34. The summed E-state index contributed by atoms with van der Waals surface area (Å²) in [5.41, 5.74) is 23.1. The Morgan fingerprint density at radius 2 is 0.433 bits per heavy atom. The monoisotopic (exact) mass is 1150 g/mol. The van der Waals surface area contributed by atoms with Crippen molar-refractivity contribution >= 4 is 99.5 Å². The Bertz CT molecular complexity index is 4950. The van der Waals surface area contributed by atoms with Crippen LogP contribution in [0.1, 0.15) is 0 Å².